The van der Waals surface area contributed by atoms with Crippen LogP contribution in [0.5, 0.6) is 11.5 Å². The number of esters is 1. The number of carbonyl (C=O) groups excluding carboxylic acids is 1. The Morgan fingerprint density at radius 1 is 1.35 bits per heavy atom. The lowest BCUT2D eigenvalue weighted by molar-refractivity contribution is -0.0512. The number of carbonyl (C=O) groups is 1. The second kappa shape index (κ2) is 8.62. The summed E-state index contributed by atoms with van der Waals surface area (Å²) in [6, 6.07) is 3.73. The number of hydrogen-bond acceptors (Lipinski definition) is 7. The first-order valence-corrected chi connectivity index (χ1v) is 10.5. The highest BCUT2D eigenvalue weighted by atomic mass is 32.1. The smallest absolute Gasteiger partial charge is 0.387 e. The number of rotatable bonds is 6. The van der Waals surface area contributed by atoms with Crippen LogP contribution in [0.25, 0.3) is 10.2 Å². The molecule has 4 rings (SSSR count). The molecule has 2 aromatic heterocycles. The van der Waals surface area contributed by atoms with Crippen LogP contribution >= 0.6 is 11.3 Å². The van der Waals surface area contributed by atoms with Crippen molar-refractivity contribution in [1.82, 2.24) is 9.97 Å². The number of aromatic amines is 1. The average molecular weight is 450 g/mol. The molecule has 0 spiro atoms. The van der Waals surface area contributed by atoms with Crippen molar-refractivity contribution in [2.24, 2.45) is 5.92 Å². The van der Waals surface area contributed by atoms with Gasteiger partial charge in [-0.1, -0.05) is 6.92 Å². The molecule has 0 unspecified atom stereocenters. The molecule has 164 valence electrons. The molecule has 0 amide bonds. The molecule has 1 aromatic carbocycles. The van der Waals surface area contributed by atoms with E-state index >= 15 is 0 Å². The predicted molar refractivity (Wildman–Crippen MR) is 110 cm³/mol. The zero-order valence-corrected chi connectivity index (χ0v) is 17.7. The van der Waals surface area contributed by atoms with Crippen LogP contribution in [-0.2, 0) is 24.2 Å². The number of aromatic nitrogens is 2. The fourth-order valence-corrected chi connectivity index (χ4v) is 5.07. The first-order chi connectivity index (χ1) is 14.9. The number of thiophene rings is 1. The molecule has 0 saturated heterocycles. The molecule has 0 aliphatic heterocycles. The normalized spacial score (nSPS) is 15.7. The lowest BCUT2D eigenvalue weighted by Gasteiger charge is -2.17. The summed E-state index contributed by atoms with van der Waals surface area (Å²) in [6.07, 6.45) is 2.85. The Bertz CT molecular complexity index is 1190. The minimum absolute atomic E-state index is 0.0268. The third-order valence-electron chi connectivity index (χ3n) is 5.17. The molecule has 1 aliphatic carbocycles. The van der Waals surface area contributed by atoms with Gasteiger partial charge in [-0.3, -0.25) is 4.79 Å². The zero-order chi connectivity index (χ0) is 22.1. The van der Waals surface area contributed by atoms with Gasteiger partial charge in [0.15, 0.2) is 11.5 Å². The van der Waals surface area contributed by atoms with Crippen LogP contribution in [0.4, 0.5) is 8.78 Å². The van der Waals surface area contributed by atoms with E-state index < -0.39 is 12.6 Å². The first-order valence-electron chi connectivity index (χ1n) is 9.69. The number of nitrogens with one attached hydrogen (secondary N) is 1. The van der Waals surface area contributed by atoms with Crippen molar-refractivity contribution in [3.8, 4) is 11.5 Å². The Morgan fingerprint density at radius 2 is 2.16 bits per heavy atom. The van der Waals surface area contributed by atoms with Crippen molar-refractivity contribution < 1.29 is 27.8 Å². The van der Waals surface area contributed by atoms with Gasteiger partial charge in [0.25, 0.3) is 5.56 Å². The predicted octanol–water partition coefficient (Wildman–Crippen LogP) is 4.08. The van der Waals surface area contributed by atoms with Gasteiger partial charge in [0.1, 0.15) is 17.3 Å². The van der Waals surface area contributed by atoms with Crippen molar-refractivity contribution in [3.63, 3.8) is 0 Å². The molecule has 31 heavy (non-hydrogen) atoms. The summed E-state index contributed by atoms with van der Waals surface area (Å²) in [5, 5.41) is 0.626. The van der Waals surface area contributed by atoms with Gasteiger partial charge in [0.05, 0.1) is 18.1 Å². The van der Waals surface area contributed by atoms with E-state index in [0.29, 0.717) is 16.1 Å². The third kappa shape index (κ3) is 4.39. The number of H-pyrrole nitrogens is 1. The van der Waals surface area contributed by atoms with E-state index in [1.165, 1.54) is 41.5 Å². The number of alkyl halides is 2. The SMILES string of the molecule is COc1cc(C(=O)OCc2nc3sc4c(c3c(=O)[nH]2)CC[C@@H](C)C4)ccc1OC(F)F. The molecule has 0 bridgehead atoms. The summed E-state index contributed by atoms with van der Waals surface area (Å²) in [4.78, 5) is 34.0. The van der Waals surface area contributed by atoms with Gasteiger partial charge in [0, 0.05) is 4.88 Å². The minimum atomic E-state index is -3.02. The molecule has 3 aromatic rings. The molecule has 0 saturated carbocycles. The second-order valence-electron chi connectivity index (χ2n) is 7.36. The van der Waals surface area contributed by atoms with Crippen molar-refractivity contribution in [2.75, 3.05) is 7.11 Å². The highest BCUT2D eigenvalue weighted by Gasteiger charge is 2.23. The number of fused-ring (bicyclic) bond motifs is 3. The van der Waals surface area contributed by atoms with E-state index in [4.69, 9.17) is 9.47 Å². The number of methoxy groups -OCH3 is 1. The number of benzene rings is 1. The summed E-state index contributed by atoms with van der Waals surface area (Å²) in [5.41, 5.74) is 0.925. The Kier molecular flexibility index (Phi) is 5.90. The number of nitrogens with zero attached hydrogens (tertiary/aromatic N) is 1. The van der Waals surface area contributed by atoms with E-state index in [-0.39, 0.29) is 35.1 Å². The second-order valence-corrected chi connectivity index (χ2v) is 8.45. The number of ether oxygens (including phenoxy) is 3. The number of halogens is 2. The molecule has 1 aliphatic rings. The van der Waals surface area contributed by atoms with E-state index in [9.17, 15) is 18.4 Å². The van der Waals surface area contributed by atoms with Crippen LogP contribution in [0.15, 0.2) is 23.0 Å². The van der Waals surface area contributed by atoms with Gasteiger partial charge in [-0.2, -0.15) is 8.78 Å². The maximum Gasteiger partial charge on any atom is 0.387 e. The summed E-state index contributed by atoms with van der Waals surface area (Å²) >= 11 is 1.51. The van der Waals surface area contributed by atoms with E-state index in [1.807, 2.05) is 0 Å². The standard InChI is InChI=1S/C21H20F2N2O5S/c1-10-3-5-12-15(7-10)31-19-17(12)18(26)24-16(25-19)9-29-20(27)11-4-6-13(30-21(22)23)14(8-11)28-2/h4,6,8,10,21H,3,5,7,9H2,1-2H3,(H,24,25,26)/t10-/m1/s1. The van der Waals surface area contributed by atoms with Gasteiger partial charge in [-0.05, 0) is 48.9 Å². The molecular weight excluding hydrogens is 430 g/mol. The number of hydrogen-bond donors (Lipinski definition) is 1. The largest absolute Gasteiger partial charge is 0.493 e. The van der Waals surface area contributed by atoms with Crippen molar-refractivity contribution >= 4 is 27.5 Å². The monoisotopic (exact) mass is 450 g/mol. The molecule has 1 N–H and O–H groups in total. The molecule has 1 atom stereocenters. The molecule has 0 radical (unpaired) electrons. The Balaban J connectivity index is 1.51. The van der Waals surface area contributed by atoms with Crippen LogP contribution in [0, 0.1) is 5.92 Å². The van der Waals surface area contributed by atoms with Gasteiger partial charge in [0.2, 0.25) is 0 Å². The van der Waals surface area contributed by atoms with Crippen LogP contribution in [0.1, 0.15) is 40.0 Å². The van der Waals surface area contributed by atoms with E-state index in [1.54, 1.807) is 0 Å². The van der Waals surface area contributed by atoms with Crippen LogP contribution in [0.2, 0.25) is 0 Å². The maximum absolute atomic E-state index is 12.6. The number of aryl methyl sites for hydroxylation is 1. The summed E-state index contributed by atoms with van der Waals surface area (Å²) < 4.78 is 39.4. The van der Waals surface area contributed by atoms with Crippen LogP contribution in [0.3, 0.4) is 0 Å². The summed E-state index contributed by atoms with van der Waals surface area (Å²) in [7, 11) is 1.27. The fourth-order valence-electron chi connectivity index (χ4n) is 3.67. The molecule has 10 heteroatoms. The van der Waals surface area contributed by atoms with Gasteiger partial charge < -0.3 is 19.2 Å². The summed E-state index contributed by atoms with van der Waals surface area (Å²) in [6.45, 7) is -1.06. The van der Waals surface area contributed by atoms with Crippen LogP contribution in [-0.4, -0.2) is 29.7 Å². The third-order valence-corrected chi connectivity index (χ3v) is 6.32. The minimum Gasteiger partial charge on any atom is -0.493 e. The van der Waals surface area contributed by atoms with E-state index in [2.05, 4.69) is 21.6 Å². The van der Waals surface area contributed by atoms with Crippen molar-refractivity contribution in [3.05, 3.63) is 50.4 Å². The van der Waals surface area contributed by atoms with Gasteiger partial charge in [-0.15, -0.1) is 11.3 Å². The first kappa shape index (κ1) is 21.2. The molecule has 0 fully saturated rings. The summed E-state index contributed by atoms with van der Waals surface area (Å²) in [5.74, 6) is -0.122. The average Bonchev–Trinajstić information content (AvgIpc) is 3.09. The molecule has 2 heterocycles. The zero-order valence-electron chi connectivity index (χ0n) is 16.9. The Hall–Kier alpha value is -3.01. The van der Waals surface area contributed by atoms with Crippen molar-refractivity contribution in [2.45, 2.75) is 39.4 Å². The Morgan fingerprint density at radius 3 is 2.90 bits per heavy atom. The maximum atomic E-state index is 12.6. The fraction of sp³-hybridized carbons (Fsp3) is 0.381. The lowest BCUT2D eigenvalue weighted by atomic mass is 9.89. The lowest BCUT2D eigenvalue weighted by Crippen LogP contribution is -2.16. The topological polar surface area (TPSA) is 90.5 Å². The van der Waals surface area contributed by atoms with Crippen molar-refractivity contribution in [1.29, 1.82) is 0 Å². The highest BCUT2D eigenvalue weighted by molar-refractivity contribution is 7.18. The van der Waals surface area contributed by atoms with Gasteiger partial charge in [-0.25, -0.2) is 9.78 Å². The van der Waals surface area contributed by atoms with E-state index in [0.717, 1.165) is 24.8 Å². The Labute approximate surface area is 180 Å². The van der Waals surface area contributed by atoms with Gasteiger partial charge >= 0.3 is 12.6 Å². The molecule has 7 nitrogen and oxygen atoms in total. The quantitative estimate of drug-likeness (QED) is 0.570. The highest BCUT2D eigenvalue weighted by Crippen LogP contribution is 2.35. The van der Waals surface area contributed by atoms with Crippen LogP contribution < -0.4 is 15.0 Å². The molecular formula is C21H20F2N2O5S.